The van der Waals surface area contributed by atoms with Crippen molar-refractivity contribution in [3.63, 3.8) is 0 Å². The van der Waals surface area contributed by atoms with Crippen LogP contribution in [0.3, 0.4) is 0 Å². The number of anilines is 1. The summed E-state index contributed by atoms with van der Waals surface area (Å²) in [4.78, 5) is 6.61. The van der Waals surface area contributed by atoms with Crippen LogP contribution >= 0.6 is 0 Å². The molecule has 0 bridgehead atoms. The first kappa shape index (κ1) is 17.1. The average molecular weight is 371 g/mol. The zero-order chi connectivity index (χ0) is 18.5. The number of fused-ring (bicyclic) bond motifs is 1. The molecule has 4 rings (SSSR count). The van der Waals surface area contributed by atoms with Crippen LogP contribution in [0.15, 0.2) is 24.4 Å². The van der Waals surface area contributed by atoms with Crippen molar-refractivity contribution in [2.24, 2.45) is 5.41 Å². The SMILES string of the molecule is COc1cccc2c(N3CC4(CCN([S@@](C)(=N)=O)C4)C3)c(C#N)cnc12. The van der Waals surface area contributed by atoms with E-state index in [1.807, 2.05) is 18.2 Å². The lowest BCUT2D eigenvalue weighted by Crippen LogP contribution is -2.58. The van der Waals surface area contributed by atoms with Gasteiger partial charge in [0.1, 0.15) is 27.3 Å². The van der Waals surface area contributed by atoms with Crippen molar-refractivity contribution in [2.45, 2.75) is 6.42 Å². The minimum Gasteiger partial charge on any atom is -0.494 e. The fourth-order valence-electron chi connectivity index (χ4n) is 4.14. The second-order valence-electron chi connectivity index (χ2n) is 7.26. The van der Waals surface area contributed by atoms with Gasteiger partial charge in [-0.3, -0.25) is 4.98 Å². The van der Waals surface area contributed by atoms with Gasteiger partial charge < -0.3 is 9.64 Å². The second kappa shape index (κ2) is 5.83. The summed E-state index contributed by atoms with van der Waals surface area (Å²) in [5, 5.41) is 10.5. The summed E-state index contributed by atoms with van der Waals surface area (Å²) < 4.78 is 27.0. The number of nitrogens with zero attached hydrogens (tertiary/aromatic N) is 4. The van der Waals surface area contributed by atoms with Crippen LogP contribution in [-0.4, -0.2) is 53.0 Å². The molecule has 0 saturated carbocycles. The predicted molar refractivity (Wildman–Crippen MR) is 101 cm³/mol. The van der Waals surface area contributed by atoms with Gasteiger partial charge in [0, 0.05) is 49.4 Å². The summed E-state index contributed by atoms with van der Waals surface area (Å²) >= 11 is 0. The lowest BCUT2D eigenvalue weighted by molar-refractivity contribution is 0.232. The summed E-state index contributed by atoms with van der Waals surface area (Å²) in [7, 11) is -1.04. The minimum absolute atomic E-state index is 0.0565. The van der Waals surface area contributed by atoms with E-state index >= 15 is 0 Å². The summed E-state index contributed by atoms with van der Waals surface area (Å²) in [6, 6.07) is 8.00. The third-order valence-corrected chi connectivity index (χ3v) is 6.73. The standard InChI is InChI=1S/C18H21N5O2S/c1-25-15-5-3-4-14-16(15)21-9-13(8-19)17(14)22-10-18(11-22)6-7-23(12-18)26(2,20)24/h3-5,9,20H,6-7,10-12H2,1-2H3/t26-/m1/s1. The molecule has 1 N–H and O–H groups in total. The molecule has 0 radical (unpaired) electrons. The molecule has 0 amide bonds. The van der Waals surface area contributed by atoms with E-state index in [9.17, 15) is 9.47 Å². The summed E-state index contributed by atoms with van der Waals surface area (Å²) in [5.74, 6) is 0.690. The van der Waals surface area contributed by atoms with Crippen LogP contribution in [0.4, 0.5) is 5.69 Å². The highest BCUT2D eigenvalue weighted by atomic mass is 32.2. The molecule has 2 aliphatic heterocycles. The summed E-state index contributed by atoms with van der Waals surface area (Å²) in [5.41, 5.74) is 2.25. The minimum atomic E-state index is -2.65. The number of hydrogen-bond donors (Lipinski definition) is 1. The molecule has 3 heterocycles. The number of methoxy groups -OCH3 is 1. The van der Waals surface area contributed by atoms with Crippen LogP contribution in [0.25, 0.3) is 10.9 Å². The highest BCUT2D eigenvalue weighted by molar-refractivity contribution is 7.89. The Balaban J connectivity index is 1.68. The van der Waals surface area contributed by atoms with Crippen LogP contribution < -0.4 is 9.64 Å². The molecule has 8 heteroatoms. The van der Waals surface area contributed by atoms with E-state index in [2.05, 4.69) is 16.0 Å². The van der Waals surface area contributed by atoms with E-state index in [1.165, 1.54) is 6.26 Å². The average Bonchev–Trinajstić information content (AvgIpc) is 3.05. The summed E-state index contributed by atoms with van der Waals surface area (Å²) in [6.07, 6.45) is 4.02. The van der Waals surface area contributed by atoms with Crippen LogP contribution in [0.5, 0.6) is 5.75 Å². The number of hydrogen-bond acceptors (Lipinski definition) is 6. The first-order valence-corrected chi connectivity index (χ1v) is 10.4. The van der Waals surface area contributed by atoms with Gasteiger partial charge in [0.15, 0.2) is 0 Å². The van der Waals surface area contributed by atoms with Crippen LogP contribution in [0, 0.1) is 21.5 Å². The van der Waals surface area contributed by atoms with Crippen LogP contribution in [0.2, 0.25) is 0 Å². The normalized spacial score (nSPS) is 21.3. The molecule has 2 aliphatic rings. The highest BCUT2D eigenvalue weighted by Crippen LogP contribution is 2.45. The van der Waals surface area contributed by atoms with Gasteiger partial charge in [-0.2, -0.15) is 5.26 Å². The van der Waals surface area contributed by atoms with Gasteiger partial charge >= 0.3 is 0 Å². The Kier molecular flexibility index (Phi) is 3.82. The van der Waals surface area contributed by atoms with Crippen molar-refractivity contribution >= 4 is 26.5 Å². The number of para-hydroxylation sites is 1. The zero-order valence-corrected chi connectivity index (χ0v) is 15.7. The zero-order valence-electron chi connectivity index (χ0n) is 14.9. The molecule has 7 nitrogen and oxygen atoms in total. The van der Waals surface area contributed by atoms with Gasteiger partial charge in [0.2, 0.25) is 0 Å². The van der Waals surface area contributed by atoms with Crippen molar-refractivity contribution in [1.82, 2.24) is 9.29 Å². The Bertz CT molecular complexity index is 1020. The van der Waals surface area contributed by atoms with Gasteiger partial charge in [0.25, 0.3) is 0 Å². The first-order chi connectivity index (χ1) is 12.4. The quantitative estimate of drug-likeness (QED) is 0.893. The smallest absolute Gasteiger partial charge is 0.145 e. The van der Waals surface area contributed by atoms with E-state index in [-0.39, 0.29) is 5.41 Å². The Hall–Kier alpha value is -2.37. The predicted octanol–water partition coefficient (Wildman–Crippen LogP) is 2.22. The molecule has 136 valence electrons. The molecule has 1 atom stereocenters. The molecule has 2 aromatic rings. The summed E-state index contributed by atoms with van der Waals surface area (Å²) in [6.45, 7) is 2.97. The first-order valence-electron chi connectivity index (χ1n) is 8.46. The molecule has 0 unspecified atom stereocenters. The fourth-order valence-corrected chi connectivity index (χ4v) is 5.10. The number of rotatable bonds is 3. The molecule has 2 saturated heterocycles. The van der Waals surface area contributed by atoms with Gasteiger partial charge in [-0.1, -0.05) is 12.1 Å². The fraction of sp³-hybridized carbons (Fsp3) is 0.444. The van der Waals surface area contributed by atoms with Gasteiger partial charge in [-0.15, -0.1) is 0 Å². The molecule has 26 heavy (non-hydrogen) atoms. The van der Waals surface area contributed by atoms with Crippen LogP contribution in [-0.2, 0) is 9.92 Å². The third kappa shape index (κ3) is 2.59. The number of aromatic nitrogens is 1. The monoisotopic (exact) mass is 371 g/mol. The second-order valence-corrected chi connectivity index (χ2v) is 9.38. The molecule has 0 aliphatic carbocycles. The Morgan fingerprint density at radius 3 is 2.77 bits per heavy atom. The number of nitrogens with one attached hydrogen (secondary N) is 1. The molecule has 1 aromatic carbocycles. The van der Waals surface area contributed by atoms with Gasteiger partial charge in [-0.05, 0) is 12.5 Å². The number of benzene rings is 1. The molecule has 1 aromatic heterocycles. The Morgan fingerprint density at radius 1 is 1.38 bits per heavy atom. The van der Waals surface area contributed by atoms with Gasteiger partial charge in [-0.25, -0.2) is 13.3 Å². The van der Waals surface area contributed by atoms with Crippen molar-refractivity contribution in [2.75, 3.05) is 44.4 Å². The van der Waals surface area contributed by atoms with Crippen molar-refractivity contribution in [1.29, 1.82) is 10.0 Å². The van der Waals surface area contributed by atoms with E-state index in [0.29, 0.717) is 24.4 Å². The molecular formula is C18H21N5O2S. The lowest BCUT2D eigenvalue weighted by atomic mass is 9.78. The Morgan fingerprint density at radius 2 is 2.15 bits per heavy atom. The number of pyridine rings is 1. The third-order valence-electron chi connectivity index (χ3n) is 5.44. The van der Waals surface area contributed by atoms with Crippen molar-refractivity contribution in [3.05, 3.63) is 30.0 Å². The van der Waals surface area contributed by atoms with Crippen molar-refractivity contribution < 1.29 is 8.95 Å². The van der Waals surface area contributed by atoms with E-state index in [1.54, 1.807) is 17.6 Å². The van der Waals surface area contributed by atoms with E-state index in [0.717, 1.165) is 36.1 Å². The molecular weight excluding hydrogens is 350 g/mol. The molecule has 2 fully saturated rings. The molecule has 1 spiro atoms. The van der Waals surface area contributed by atoms with Crippen LogP contribution in [0.1, 0.15) is 12.0 Å². The lowest BCUT2D eigenvalue weighted by Gasteiger charge is -2.50. The van der Waals surface area contributed by atoms with E-state index in [4.69, 9.17) is 9.52 Å². The maximum Gasteiger partial charge on any atom is 0.145 e. The Labute approximate surface area is 153 Å². The van der Waals surface area contributed by atoms with Gasteiger partial charge in [0.05, 0.1) is 18.4 Å². The highest BCUT2D eigenvalue weighted by Gasteiger charge is 2.49. The number of nitriles is 1. The maximum atomic E-state index is 12.0. The number of ether oxygens (including phenoxy) is 1. The maximum absolute atomic E-state index is 12.0. The topological polar surface area (TPSA) is 93.3 Å². The van der Waals surface area contributed by atoms with E-state index < -0.39 is 9.92 Å². The largest absolute Gasteiger partial charge is 0.494 e. The van der Waals surface area contributed by atoms with Crippen molar-refractivity contribution in [3.8, 4) is 11.8 Å².